The van der Waals surface area contributed by atoms with E-state index in [0.717, 1.165) is 32.4 Å². The predicted molar refractivity (Wildman–Crippen MR) is 122 cm³/mol. The largest absolute Gasteiger partial charge is 0.349 e. The van der Waals surface area contributed by atoms with Crippen molar-refractivity contribution in [1.29, 1.82) is 0 Å². The standard InChI is InChI=1S/C24H27FN4O2.ClH/c25-17-5-1-3-14(9-17)21-8-7-16(11-27-21)23(30)28-18-6-2-4-15(10-18)24(31)29-12-19-20(13-29)22(19)26;/h1,3,5,7-9,11,15,18-20,22H,2,4,6,10,12-13,26H2,(H,28,30);1H/t15?,18?,19-,20+,22-;. The number of nitrogens with zero attached hydrogens (tertiary/aromatic N) is 2. The van der Waals surface area contributed by atoms with Crippen LogP contribution in [-0.2, 0) is 4.79 Å². The SMILES string of the molecule is Cl.N[C@H]1[C@H]2CN(C(=O)C3CCCC(NC(=O)c4ccc(-c5cccc(F)c5)nc4)C3)C[C@@H]12. The Morgan fingerprint density at radius 2 is 1.91 bits per heavy atom. The number of hydrogen-bond acceptors (Lipinski definition) is 4. The number of nitrogens with one attached hydrogen (secondary N) is 1. The number of benzene rings is 1. The number of nitrogens with two attached hydrogens (primary N) is 1. The van der Waals surface area contributed by atoms with Crippen LogP contribution in [0.5, 0.6) is 0 Å². The lowest BCUT2D eigenvalue weighted by atomic mass is 9.84. The molecule has 1 saturated heterocycles. The van der Waals surface area contributed by atoms with Crippen LogP contribution in [-0.4, -0.2) is 46.9 Å². The molecule has 1 aromatic carbocycles. The molecule has 8 heteroatoms. The van der Waals surface area contributed by atoms with Crippen molar-refractivity contribution in [2.75, 3.05) is 13.1 Å². The Balaban J connectivity index is 0.00000245. The van der Waals surface area contributed by atoms with E-state index in [1.54, 1.807) is 24.3 Å². The van der Waals surface area contributed by atoms with Crippen LogP contribution in [0.15, 0.2) is 42.6 Å². The molecule has 0 spiro atoms. The Labute approximate surface area is 193 Å². The van der Waals surface area contributed by atoms with Gasteiger partial charge in [0.25, 0.3) is 5.91 Å². The van der Waals surface area contributed by atoms with E-state index in [1.165, 1.54) is 18.3 Å². The predicted octanol–water partition coefficient (Wildman–Crippen LogP) is 3.01. The number of carbonyl (C=O) groups excluding carboxylic acids is 2. The van der Waals surface area contributed by atoms with Crippen molar-refractivity contribution in [2.24, 2.45) is 23.5 Å². The van der Waals surface area contributed by atoms with Crippen LogP contribution in [0.2, 0.25) is 0 Å². The van der Waals surface area contributed by atoms with E-state index >= 15 is 0 Å². The van der Waals surface area contributed by atoms with Crippen molar-refractivity contribution in [3.05, 3.63) is 54.0 Å². The van der Waals surface area contributed by atoms with Crippen LogP contribution in [0.4, 0.5) is 4.39 Å². The fraction of sp³-hybridized carbons (Fsp3) is 0.458. The molecule has 5 atom stereocenters. The number of hydrogen-bond donors (Lipinski definition) is 2. The first kappa shape index (κ1) is 22.7. The highest BCUT2D eigenvalue weighted by Gasteiger charge is 2.55. The van der Waals surface area contributed by atoms with E-state index < -0.39 is 0 Å². The molecule has 1 aromatic heterocycles. The summed E-state index contributed by atoms with van der Waals surface area (Å²) in [7, 11) is 0. The lowest BCUT2D eigenvalue weighted by Gasteiger charge is -2.32. The van der Waals surface area contributed by atoms with Gasteiger partial charge in [0.2, 0.25) is 5.91 Å². The first-order valence-corrected chi connectivity index (χ1v) is 11.1. The zero-order chi connectivity index (χ0) is 21.5. The third kappa shape index (κ3) is 4.50. The molecule has 0 bridgehead atoms. The molecular formula is C24H28ClFN4O2. The normalized spacial score (nSPS) is 28.4. The summed E-state index contributed by atoms with van der Waals surface area (Å²) in [6.07, 6.45) is 4.88. The van der Waals surface area contributed by atoms with Gasteiger partial charge in [-0.25, -0.2) is 4.39 Å². The first-order chi connectivity index (χ1) is 15.0. The average molecular weight is 459 g/mol. The number of amides is 2. The number of pyridine rings is 1. The molecule has 0 radical (unpaired) electrons. The number of rotatable bonds is 4. The van der Waals surface area contributed by atoms with Gasteiger partial charge in [-0.2, -0.15) is 0 Å². The Hall–Kier alpha value is -2.51. The fourth-order valence-electron chi connectivity index (χ4n) is 5.17. The van der Waals surface area contributed by atoms with Crippen LogP contribution in [0.3, 0.4) is 0 Å². The van der Waals surface area contributed by atoms with Crippen LogP contribution >= 0.6 is 12.4 Å². The molecule has 1 aliphatic heterocycles. The van der Waals surface area contributed by atoms with Gasteiger partial charge in [0.05, 0.1) is 11.3 Å². The van der Waals surface area contributed by atoms with Gasteiger partial charge >= 0.3 is 0 Å². The number of fused-ring (bicyclic) bond motifs is 1. The molecule has 2 aromatic rings. The highest BCUT2D eigenvalue weighted by molar-refractivity contribution is 5.94. The molecule has 2 amide bonds. The monoisotopic (exact) mass is 458 g/mol. The molecule has 3 fully saturated rings. The van der Waals surface area contributed by atoms with Gasteiger partial charge in [-0.3, -0.25) is 14.6 Å². The Kier molecular flexibility index (Phi) is 6.49. The number of carbonyl (C=O) groups is 2. The minimum atomic E-state index is -0.323. The Bertz CT molecular complexity index is 990. The molecule has 170 valence electrons. The van der Waals surface area contributed by atoms with Crippen LogP contribution in [0, 0.1) is 23.6 Å². The van der Waals surface area contributed by atoms with Crippen molar-refractivity contribution in [1.82, 2.24) is 15.2 Å². The minimum absolute atomic E-state index is 0. The Morgan fingerprint density at radius 1 is 1.12 bits per heavy atom. The van der Waals surface area contributed by atoms with Crippen molar-refractivity contribution < 1.29 is 14.0 Å². The summed E-state index contributed by atoms with van der Waals surface area (Å²) >= 11 is 0. The second-order valence-electron chi connectivity index (χ2n) is 9.12. The molecular weight excluding hydrogens is 431 g/mol. The molecule has 2 unspecified atom stereocenters. The summed E-state index contributed by atoms with van der Waals surface area (Å²) in [5.74, 6) is 0.665. The lowest BCUT2D eigenvalue weighted by Crippen LogP contribution is -2.44. The van der Waals surface area contributed by atoms with Crippen LogP contribution < -0.4 is 11.1 Å². The number of aromatic nitrogens is 1. The summed E-state index contributed by atoms with van der Waals surface area (Å²) in [5, 5.41) is 3.07. The summed E-state index contributed by atoms with van der Waals surface area (Å²) < 4.78 is 13.4. The summed E-state index contributed by atoms with van der Waals surface area (Å²) in [6.45, 7) is 1.59. The van der Waals surface area contributed by atoms with Crippen molar-refractivity contribution in [3.8, 4) is 11.3 Å². The summed E-state index contributed by atoms with van der Waals surface area (Å²) in [4.78, 5) is 31.9. The second-order valence-corrected chi connectivity index (χ2v) is 9.12. The summed E-state index contributed by atoms with van der Waals surface area (Å²) in [6, 6.07) is 9.90. The summed E-state index contributed by atoms with van der Waals surface area (Å²) in [5.41, 5.74) is 7.73. The van der Waals surface area contributed by atoms with Gasteiger partial charge in [0.15, 0.2) is 0 Å². The first-order valence-electron chi connectivity index (χ1n) is 11.1. The highest BCUT2D eigenvalue weighted by Crippen LogP contribution is 2.44. The van der Waals surface area contributed by atoms with Crippen molar-refractivity contribution >= 4 is 24.2 Å². The quantitative estimate of drug-likeness (QED) is 0.737. The van der Waals surface area contributed by atoms with Gasteiger partial charge in [0.1, 0.15) is 5.82 Å². The van der Waals surface area contributed by atoms with Gasteiger partial charge in [-0.1, -0.05) is 18.6 Å². The number of piperidine rings is 1. The number of halogens is 2. The second kappa shape index (κ2) is 9.16. The maximum absolute atomic E-state index is 13.4. The van der Waals surface area contributed by atoms with E-state index in [2.05, 4.69) is 10.3 Å². The molecule has 5 rings (SSSR count). The fourth-order valence-corrected chi connectivity index (χ4v) is 5.17. The maximum Gasteiger partial charge on any atom is 0.253 e. The third-order valence-corrected chi connectivity index (χ3v) is 7.08. The van der Waals surface area contributed by atoms with Crippen LogP contribution in [0.25, 0.3) is 11.3 Å². The van der Waals surface area contributed by atoms with Gasteiger partial charge in [-0.15, -0.1) is 12.4 Å². The van der Waals surface area contributed by atoms with E-state index in [4.69, 9.17) is 5.73 Å². The third-order valence-electron chi connectivity index (χ3n) is 7.08. The highest BCUT2D eigenvalue weighted by atomic mass is 35.5. The van der Waals surface area contributed by atoms with Crippen molar-refractivity contribution in [2.45, 2.75) is 37.8 Å². The average Bonchev–Trinajstić information content (AvgIpc) is 3.18. The molecule has 2 heterocycles. The topological polar surface area (TPSA) is 88.3 Å². The smallest absolute Gasteiger partial charge is 0.253 e. The van der Waals surface area contributed by atoms with Crippen molar-refractivity contribution in [3.63, 3.8) is 0 Å². The van der Waals surface area contributed by atoms with E-state index in [1.807, 2.05) is 4.90 Å². The molecule has 6 nitrogen and oxygen atoms in total. The molecule has 2 saturated carbocycles. The lowest BCUT2D eigenvalue weighted by molar-refractivity contribution is -0.136. The maximum atomic E-state index is 13.4. The minimum Gasteiger partial charge on any atom is -0.349 e. The van der Waals surface area contributed by atoms with Gasteiger partial charge < -0.3 is 16.0 Å². The Morgan fingerprint density at radius 3 is 2.59 bits per heavy atom. The zero-order valence-electron chi connectivity index (χ0n) is 17.7. The van der Waals surface area contributed by atoms with Gasteiger partial charge in [-0.05, 0) is 55.4 Å². The molecule has 3 N–H and O–H groups in total. The van der Waals surface area contributed by atoms with Gasteiger partial charge in [0, 0.05) is 42.9 Å². The van der Waals surface area contributed by atoms with E-state index in [0.29, 0.717) is 35.1 Å². The van der Waals surface area contributed by atoms with E-state index in [-0.39, 0.29) is 48.0 Å². The molecule has 2 aliphatic carbocycles. The zero-order valence-corrected chi connectivity index (χ0v) is 18.6. The van der Waals surface area contributed by atoms with E-state index in [9.17, 15) is 14.0 Å². The number of likely N-dealkylation sites (tertiary alicyclic amines) is 1. The molecule has 32 heavy (non-hydrogen) atoms. The van der Waals surface area contributed by atoms with Crippen LogP contribution in [0.1, 0.15) is 36.0 Å². The molecule has 3 aliphatic rings.